The molecule has 12 heteroatoms. The second kappa shape index (κ2) is 16.5. The Bertz CT molecular complexity index is 625. The summed E-state index contributed by atoms with van der Waals surface area (Å²) in [4.78, 5) is 75.2. The van der Waals surface area contributed by atoms with Crippen molar-refractivity contribution in [2.45, 2.75) is 32.6 Å². The molecule has 30 heavy (non-hydrogen) atoms. The maximum atomic E-state index is 11.8. The van der Waals surface area contributed by atoms with Crippen LogP contribution in [0.25, 0.3) is 0 Å². The van der Waals surface area contributed by atoms with Crippen molar-refractivity contribution < 1.29 is 43.0 Å². The predicted molar refractivity (Wildman–Crippen MR) is 98.4 cm³/mol. The maximum Gasteiger partial charge on any atom is 0.307 e. The van der Waals surface area contributed by atoms with Gasteiger partial charge in [0.15, 0.2) is 0 Å². The molecule has 0 aliphatic carbocycles. The summed E-state index contributed by atoms with van der Waals surface area (Å²) in [6.07, 6.45) is 3.77. The molecule has 0 N–H and O–H groups in total. The molecular formula is C18H23N3O9. The van der Waals surface area contributed by atoms with E-state index in [2.05, 4.69) is 15.0 Å². The topological polar surface area (TPSA) is 167 Å². The van der Waals surface area contributed by atoms with Gasteiger partial charge in [-0.1, -0.05) is 6.92 Å². The smallest absolute Gasteiger partial charge is 0.307 e. The van der Waals surface area contributed by atoms with Crippen molar-refractivity contribution in [1.82, 2.24) is 0 Å². The Morgan fingerprint density at radius 3 is 1.20 bits per heavy atom. The van der Waals surface area contributed by atoms with E-state index in [0.29, 0.717) is 6.42 Å². The van der Waals surface area contributed by atoms with E-state index < -0.39 is 23.3 Å². The van der Waals surface area contributed by atoms with E-state index in [1.54, 1.807) is 6.92 Å². The van der Waals surface area contributed by atoms with Gasteiger partial charge >= 0.3 is 17.9 Å². The van der Waals surface area contributed by atoms with Crippen LogP contribution >= 0.6 is 0 Å². The van der Waals surface area contributed by atoms with Crippen molar-refractivity contribution in [1.29, 1.82) is 0 Å². The summed E-state index contributed by atoms with van der Waals surface area (Å²) in [7, 11) is 0. The third-order valence-electron chi connectivity index (χ3n) is 3.84. The third-order valence-corrected chi connectivity index (χ3v) is 3.84. The van der Waals surface area contributed by atoms with Gasteiger partial charge in [-0.25, -0.2) is 29.4 Å². The Labute approximate surface area is 172 Å². The summed E-state index contributed by atoms with van der Waals surface area (Å²) in [5, 5.41) is 0. The SMILES string of the molecule is CCC(COC(=O)CCN=C=O)(COC(=O)CCN=C=O)COC(=O)CCN=C=O. The molecule has 164 valence electrons. The highest BCUT2D eigenvalue weighted by Crippen LogP contribution is 2.25. The van der Waals surface area contributed by atoms with E-state index in [1.165, 1.54) is 18.2 Å². The molecule has 0 atom stereocenters. The molecule has 0 fully saturated rings. The minimum atomic E-state index is -1.03. The lowest BCUT2D eigenvalue weighted by atomic mass is 9.88. The lowest BCUT2D eigenvalue weighted by Crippen LogP contribution is -2.39. The van der Waals surface area contributed by atoms with Crippen LogP contribution in [0.2, 0.25) is 0 Å². The number of aliphatic imine (C=N–C) groups is 3. The van der Waals surface area contributed by atoms with Gasteiger partial charge in [0.05, 0.1) is 44.3 Å². The van der Waals surface area contributed by atoms with E-state index >= 15 is 0 Å². The highest BCUT2D eigenvalue weighted by molar-refractivity contribution is 5.71. The molecule has 0 aromatic rings. The van der Waals surface area contributed by atoms with Crippen LogP contribution in [0, 0.1) is 5.41 Å². The number of ether oxygens (including phenoxy) is 3. The molecule has 0 bridgehead atoms. The van der Waals surface area contributed by atoms with Crippen LogP contribution in [-0.2, 0) is 43.0 Å². The molecule has 0 heterocycles. The lowest BCUT2D eigenvalue weighted by Gasteiger charge is -2.31. The fraction of sp³-hybridized carbons (Fsp3) is 0.667. The van der Waals surface area contributed by atoms with Crippen LogP contribution in [0.4, 0.5) is 0 Å². The van der Waals surface area contributed by atoms with Crippen molar-refractivity contribution in [2.75, 3.05) is 39.5 Å². The first-order valence-electron chi connectivity index (χ1n) is 9.00. The van der Waals surface area contributed by atoms with Crippen LogP contribution in [0.15, 0.2) is 15.0 Å². The van der Waals surface area contributed by atoms with Crippen molar-refractivity contribution >= 4 is 36.1 Å². The number of hydrogen-bond acceptors (Lipinski definition) is 12. The Morgan fingerprint density at radius 1 is 0.667 bits per heavy atom. The van der Waals surface area contributed by atoms with Gasteiger partial charge in [-0.3, -0.25) is 14.4 Å². The van der Waals surface area contributed by atoms with Crippen molar-refractivity contribution in [3.63, 3.8) is 0 Å². The largest absolute Gasteiger partial charge is 0.465 e. The van der Waals surface area contributed by atoms with E-state index in [9.17, 15) is 28.8 Å². The van der Waals surface area contributed by atoms with E-state index in [4.69, 9.17) is 14.2 Å². The van der Waals surface area contributed by atoms with Crippen molar-refractivity contribution in [3.8, 4) is 0 Å². The number of hydrogen-bond donors (Lipinski definition) is 0. The number of isocyanates is 3. The molecule has 0 unspecified atom stereocenters. The van der Waals surface area contributed by atoms with Crippen LogP contribution in [0.3, 0.4) is 0 Å². The van der Waals surface area contributed by atoms with E-state index in [0.717, 1.165) is 0 Å². The van der Waals surface area contributed by atoms with Gasteiger partial charge in [-0.05, 0) is 6.42 Å². The fourth-order valence-electron chi connectivity index (χ4n) is 1.93. The summed E-state index contributed by atoms with van der Waals surface area (Å²) in [6, 6.07) is 0. The first-order valence-corrected chi connectivity index (χ1v) is 9.00. The molecule has 0 aliphatic heterocycles. The number of carbonyl (C=O) groups excluding carboxylic acids is 6. The fourth-order valence-corrected chi connectivity index (χ4v) is 1.93. The minimum Gasteiger partial charge on any atom is -0.465 e. The quantitative estimate of drug-likeness (QED) is 0.145. The van der Waals surface area contributed by atoms with Crippen LogP contribution in [0.1, 0.15) is 32.6 Å². The average Bonchev–Trinajstić information content (AvgIpc) is 2.74. The summed E-state index contributed by atoms with van der Waals surface area (Å²) in [5.41, 5.74) is -1.03. The molecule has 0 amide bonds. The maximum absolute atomic E-state index is 11.8. The average molecular weight is 425 g/mol. The molecule has 12 nitrogen and oxygen atoms in total. The first-order chi connectivity index (χ1) is 14.4. The predicted octanol–water partition coefficient (Wildman–Crippen LogP) is 0.190. The number of carbonyl (C=O) groups is 3. The molecule has 0 aromatic carbocycles. The lowest BCUT2D eigenvalue weighted by molar-refractivity contribution is -0.162. The second-order valence-corrected chi connectivity index (χ2v) is 6.00. The van der Waals surface area contributed by atoms with Gasteiger partial charge in [0.1, 0.15) is 19.8 Å². The molecule has 0 rings (SSSR count). The molecule has 0 aliphatic rings. The zero-order valence-corrected chi connectivity index (χ0v) is 16.6. The van der Waals surface area contributed by atoms with Gasteiger partial charge in [0.25, 0.3) is 0 Å². The van der Waals surface area contributed by atoms with Gasteiger partial charge in [0.2, 0.25) is 18.2 Å². The monoisotopic (exact) mass is 425 g/mol. The number of nitrogens with zero attached hydrogens (tertiary/aromatic N) is 3. The molecule has 0 saturated heterocycles. The van der Waals surface area contributed by atoms with Crippen molar-refractivity contribution in [2.24, 2.45) is 20.4 Å². The summed E-state index contributed by atoms with van der Waals surface area (Å²) < 4.78 is 15.5. The van der Waals surface area contributed by atoms with Gasteiger partial charge < -0.3 is 14.2 Å². The molecule has 0 saturated carbocycles. The molecule has 0 spiro atoms. The van der Waals surface area contributed by atoms with E-state index in [1.807, 2.05) is 0 Å². The van der Waals surface area contributed by atoms with Gasteiger partial charge in [0, 0.05) is 0 Å². The highest BCUT2D eigenvalue weighted by atomic mass is 16.6. The zero-order chi connectivity index (χ0) is 22.7. The normalized spacial score (nSPS) is 11.5. The van der Waals surface area contributed by atoms with E-state index in [-0.39, 0.29) is 58.7 Å². The number of rotatable bonds is 16. The highest BCUT2D eigenvalue weighted by Gasteiger charge is 2.34. The third kappa shape index (κ3) is 12.9. The zero-order valence-electron chi connectivity index (χ0n) is 16.6. The first kappa shape index (κ1) is 26.5. The Hall–Kier alpha value is -3.45. The second-order valence-electron chi connectivity index (χ2n) is 6.00. The van der Waals surface area contributed by atoms with Crippen LogP contribution in [0.5, 0.6) is 0 Å². The van der Waals surface area contributed by atoms with Crippen LogP contribution < -0.4 is 0 Å². The van der Waals surface area contributed by atoms with Crippen molar-refractivity contribution in [3.05, 3.63) is 0 Å². The molecular weight excluding hydrogens is 402 g/mol. The Balaban J connectivity index is 4.97. The Morgan fingerprint density at radius 2 is 0.967 bits per heavy atom. The standard InChI is InChI=1S/C18H23N3O9/c1-2-18(9-28-15(25)3-6-19-12-22,10-29-16(26)4-7-20-13-23)11-30-17(27)5-8-21-14-24/h2-11H2,1H3. The summed E-state index contributed by atoms with van der Waals surface area (Å²) in [6.45, 7) is 0.783. The molecule has 0 radical (unpaired) electrons. The summed E-state index contributed by atoms with van der Waals surface area (Å²) >= 11 is 0. The minimum absolute atomic E-state index is 0.0834. The van der Waals surface area contributed by atoms with Gasteiger partial charge in [-0.15, -0.1) is 0 Å². The molecule has 0 aromatic heterocycles. The Kier molecular flexibility index (Phi) is 14.6. The number of esters is 3. The van der Waals surface area contributed by atoms with Crippen LogP contribution in [-0.4, -0.2) is 75.6 Å². The summed E-state index contributed by atoms with van der Waals surface area (Å²) in [5.74, 6) is -1.94. The van der Waals surface area contributed by atoms with Gasteiger partial charge in [-0.2, -0.15) is 0 Å².